The van der Waals surface area contributed by atoms with Crippen molar-refractivity contribution in [3.05, 3.63) is 65.9 Å². The highest BCUT2D eigenvalue weighted by Gasteiger charge is 2.33. The van der Waals surface area contributed by atoms with E-state index in [1.807, 2.05) is 60.3 Å². The van der Waals surface area contributed by atoms with Crippen molar-refractivity contribution in [1.82, 2.24) is 9.88 Å². The summed E-state index contributed by atoms with van der Waals surface area (Å²) < 4.78 is 1.94. The van der Waals surface area contributed by atoms with Gasteiger partial charge in [-0.1, -0.05) is 30.3 Å². The number of nitrogens with one attached hydrogen (secondary N) is 2. The van der Waals surface area contributed by atoms with Crippen LogP contribution >= 0.6 is 0 Å². The van der Waals surface area contributed by atoms with Crippen LogP contribution in [0.2, 0.25) is 0 Å². The molecule has 0 spiro atoms. The van der Waals surface area contributed by atoms with Crippen molar-refractivity contribution in [3.63, 3.8) is 0 Å². The molecule has 0 saturated heterocycles. The van der Waals surface area contributed by atoms with Gasteiger partial charge in [0.2, 0.25) is 0 Å². The minimum Gasteiger partial charge on any atom is -0.394 e. The number of aryl methyl sites for hydroxylation is 1. The van der Waals surface area contributed by atoms with Crippen LogP contribution in [0, 0.1) is 0 Å². The van der Waals surface area contributed by atoms with Crippen LogP contribution in [-0.4, -0.2) is 45.9 Å². The molecule has 1 aliphatic rings. The summed E-state index contributed by atoms with van der Waals surface area (Å²) in [6.45, 7) is 0.177. The lowest BCUT2D eigenvalue weighted by Gasteiger charge is -2.11. The highest BCUT2D eigenvalue weighted by atomic mass is 16.3. The second-order valence-electron chi connectivity index (χ2n) is 7.34. The van der Waals surface area contributed by atoms with Crippen LogP contribution in [0.5, 0.6) is 0 Å². The molecule has 1 unspecified atom stereocenters. The molecule has 1 aliphatic heterocycles. The average molecular weight is 405 g/mol. The number of aromatic nitrogens is 1. The standard InChI is InChI=1S/C23H23N3O4/c1-26-12-18(17-7-2-3-8-19(17)26)21-20(22(29)25-23(21)30)14-5-4-6-15(11-14)24-10-9-16(28)13-27/h2-8,11-12,16,24,27-28H,9-10,13H2,1H3,(H,25,29,30). The van der Waals surface area contributed by atoms with Gasteiger partial charge < -0.3 is 20.1 Å². The summed E-state index contributed by atoms with van der Waals surface area (Å²) in [7, 11) is 1.91. The number of benzene rings is 2. The normalized spacial score (nSPS) is 15.0. The Hall–Kier alpha value is -3.42. The summed E-state index contributed by atoms with van der Waals surface area (Å²) >= 11 is 0. The molecule has 0 aliphatic carbocycles. The third-order valence-corrected chi connectivity index (χ3v) is 5.27. The first-order valence-corrected chi connectivity index (χ1v) is 9.77. The molecular weight excluding hydrogens is 382 g/mol. The summed E-state index contributed by atoms with van der Waals surface area (Å²) in [4.78, 5) is 25.4. The van der Waals surface area contributed by atoms with Gasteiger partial charge in [0.25, 0.3) is 11.8 Å². The number of anilines is 1. The van der Waals surface area contributed by atoms with E-state index in [2.05, 4.69) is 10.6 Å². The maximum Gasteiger partial charge on any atom is 0.259 e. The fourth-order valence-corrected chi connectivity index (χ4v) is 3.79. The number of hydrogen-bond acceptors (Lipinski definition) is 5. The molecule has 0 radical (unpaired) electrons. The number of carbonyl (C=O) groups is 2. The van der Waals surface area contributed by atoms with Crippen LogP contribution in [0.1, 0.15) is 17.5 Å². The summed E-state index contributed by atoms with van der Waals surface area (Å²) in [5.41, 5.74) is 3.80. The number of rotatable bonds is 7. The van der Waals surface area contributed by atoms with Crippen LogP contribution in [0.15, 0.2) is 54.7 Å². The van der Waals surface area contributed by atoms with Crippen LogP contribution in [0.25, 0.3) is 22.0 Å². The first-order chi connectivity index (χ1) is 14.5. The molecule has 0 fully saturated rings. The number of carbonyl (C=O) groups excluding carboxylic acids is 2. The zero-order valence-corrected chi connectivity index (χ0v) is 16.6. The SMILES string of the molecule is Cn1cc(C2=C(c3cccc(NCCC(O)CO)c3)C(=O)NC2=O)c2ccccc21. The van der Waals surface area contributed by atoms with E-state index in [4.69, 9.17) is 5.11 Å². The number of imide groups is 1. The van der Waals surface area contributed by atoms with Crippen molar-refractivity contribution in [1.29, 1.82) is 0 Å². The molecule has 0 saturated carbocycles. The van der Waals surface area contributed by atoms with E-state index < -0.39 is 17.9 Å². The van der Waals surface area contributed by atoms with E-state index >= 15 is 0 Å². The second kappa shape index (κ2) is 8.14. The van der Waals surface area contributed by atoms with E-state index in [1.54, 1.807) is 6.07 Å². The number of aliphatic hydroxyl groups is 2. The van der Waals surface area contributed by atoms with Crippen molar-refractivity contribution < 1.29 is 19.8 Å². The van der Waals surface area contributed by atoms with Crippen molar-refractivity contribution in [2.24, 2.45) is 7.05 Å². The Morgan fingerprint density at radius 2 is 1.83 bits per heavy atom. The summed E-state index contributed by atoms with van der Waals surface area (Å²) in [6.07, 6.45) is 1.49. The van der Waals surface area contributed by atoms with Gasteiger partial charge in [0.15, 0.2) is 0 Å². The van der Waals surface area contributed by atoms with Crippen molar-refractivity contribution in [2.45, 2.75) is 12.5 Å². The predicted octanol–water partition coefficient (Wildman–Crippen LogP) is 1.90. The zero-order valence-electron chi connectivity index (χ0n) is 16.6. The zero-order chi connectivity index (χ0) is 21.3. The Kier molecular flexibility index (Phi) is 5.39. The largest absolute Gasteiger partial charge is 0.394 e. The Morgan fingerprint density at radius 1 is 1.07 bits per heavy atom. The van der Waals surface area contributed by atoms with E-state index in [-0.39, 0.29) is 6.61 Å². The highest BCUT2D eigenvalue weighted by molar-refractivity contribution is 6.50. The van der Waals surface area contributed by atoms with Crippen molar-refractivity contribution in [3.8, 4) is 0 Å². The smallest absolute Gasteiger partial charge is 0.259 e. The highest BCUT2D eigenvalue weighted by Crippen LogP contribution is 2.36. The summed E-state index contributed by atoms with van der Waals surface area (Å²) in [5.74, 6) is -0.827. The van der Waals surface area contributed by atoms with Crippen LogP contribution < -0.4 is 10.6 Å². The van der Waals surface area contributed by atoms with Gasteiger partial charge in [0.05, 0.1) is 23.9 Å². The first kappa shape index (κ1) is 19.9. The molecule has 2 amide bonds. The summed E-state index contributed by atoms with van der Waals surface area (Å²) in [5, 5.41) is 24.9. The fourth-order valence-electron chi connectivity index (χ4n) is 3.79. The number of aliphatic hydroxyl groups excluding tert-OH is 2. The maximum atomic E-state index is 12.7. The van der Waals surface area contributed by atoms with Gasteiger partial charge >= 0.3 is 0 Å². The number of amides is 2. The Morgan fingerprint density at radius 3 is 2.63 bits per heavy atom. The van der Waals surface area contributed by atoms with Gasteiger partial charge in [0, 0.05) is 41.9 Å². The number of para-hydroxylation sites is 1. The molecule has 1 aromatic heterocycles. The summed E-state index contributed by atoms with van der Waals surface area (Å²) in [6, 6.07) is 15.0. The first-order valence-electron chi connectivity index (χ1n) is 9.77. The third kappa shape index (κ3) is 3.60. The Bertz CT molecular complexity index is 1160. The molecule has 4 rings (SSSR count). The van der Waals surface area contributed by atoms with Gasteiger partial charge in [-0.25, -0.2) is 0 Å². The molecule has 30 heavy (non-hydrogen) atoms. The van der Waals surface area contributed by atoms with Gasteiger partial charge in [-0.05, 0) is 30.2 Å². The minimum atomic E-state index is -0.778. The number of fused-ring (bicyclic) bond motifs is 1. The van der Waals surface area contributed by atoms with Crippen LogP contribution in [0.4, 0.5) is 5.69 Å². The minimum absolute atomic E-state index is 0.286. The second-order valence-corrected chi connectivity index (χ2v) is 7.34. The molecule has 2 heterocycles. The molecule has 7 heteroatoms. The molecule has 4 N–H and O–H groups in total. The van der Waals surface area contributed by atoms with E-state index in [0.29, 0.717) is 29.7 Å². The van der Waals surface area contributed by atoms with Crippen LogP contribution in [0.3, 0.4) is 0 Å². The molecular formula is C23H23N3O4. The Balaban J connectivity index is 1.76. The lowest BCUT2D eigenvalue weighted by atomic mass is 9.95. The lowest BCUT2D eigenvalue weighted by molar-refractivity contribution is -0.122. The van der Waals surface area contributed by atoms with Gasteiger partial charge in [0.1, 0.15) is 0 Å². The number of hydrogen-bond donors (Lipinski definition) is 4. The van der Waals surface area contributed by atoms with Crippen molar-refractivity contribution in [2.75, 3.05) is 18.5 Å². The van der Waals surface area contributed by atoms with E-state index in [1.165, 1.54) is 0 Å². The third-order valence-electron chi connectivity index (χ3n) is 5.27. The van der Waals surface area contributed by atoms with Crippen molar-refractivity contribution >= 4 is 39.6 Å². The van der Waals surface area contributed by atoms with E-state index in [0.717, 1.165) is 22.2 Å². The molecule has 0 bridgehead atoms. The average Bonchev–Trinajstić information content (AvgIpc) is 3.23. The van der Waals surface area contributed by atoms with Gasteiger partial charge in [-0.3, -0.25) is 14.9 Å². The lowest BCUT2D eigenvalue weighted by Crippen LogP contribution is -2.22. The Labute approximate surface area is 173 Å². The maximum absolute atomic E-state index is 12.7. The van der Waals surface area contributed by atoms with Crippen LogP contribution in [-0.2, 0) is 16.6 Å². The van der Waals surface area contributed by atoms with Gasteiger partial charge in [-0.15, -0.1) is 0 Å². The van der Waals surface area contributed by atoms with E-state index in [9.17, 15) is 14.7 Å². The van der Waals surface area contributed by atoms with Gasteiger partial charge in [-0.2, -0.15) is 0 Å². The monoisotopic (exact) mass is 405 g/mol. The quantitative estimate of drug-likeness (QED) is 0.450. The molecule has 7 nitrogen and oxygen atoms in total. The molecule has 2 aromatic carbocycles. The molecule has 1 atom stereocenters. The number of nitrogens with zero attached hydrogens (tertiary/aromatic N) is 1. The molecule has 3 aromatic rings. The topological polar surface area (TPSA) is 104 Å². The predicted molar refractivity (Wildman–Crippen MR) is 116 cm³/mol. The molecule has 154 valence electrons. The fraction of sp³-hybridized carbons (Fsp3) is 0.217.